The number of ether oxygens (including phenoxy) is 7. The standard InChI is InChI=1S/C41H82N6O12/c1-37(2,3)59-36(51)47-58-29-28-53-27-26-52-25-22-45-35(50)32(46-34(49)31-57-41(10,11)18-24-55-39(6,7)16-20-43)14-12-13-21-44-33(48)30-56-40(8,9)17-23-54-38(4,5)15-19-42/h32H,12-31,42-43H2,1-11H3,(H,44,48)(H,45,50)(H,46,49)(H,47,51)/t32-/m0/s1. The van der Waals surface area contributed by atoms with Crippen LogP contribution in [0.3, 0.4) is 0 Å². The number of carbonyl (C=O) groups is 4. The van der Waals surface area contributed by atoms with Crippen molar-refractivity contribution in [2.45, 2.75) is 155 Å². The molecule has 8 N–H and O–H groups in total. The second-order valence-electron chi connectivity index (χ2n) is 17.8. The zero-order chi connectivity index (χ0) is 45.0. The number of nitrogens with two attached hydrogens (primary N) is 2. The van der Waals surface area contributed by atoms with Crippen LogP contribution in [0.25, 0.3) is 0 Å². The average Bonchev–Trinajstić information content (AvgIpc) is 3.10. The van der Waals surface area contributed by atoms with Crippen LogP contribution in [0.5, 0.6) is 0 Å². The lowest BCUT2D eigenvalue weighted by Crippen LogP contribution is -2.49. The van der Waals surface area contributed by atoms with Gasteiger partial charge >= 0.3 is 6.09 Å². The summed E-state index contributed by atoms with van der Waals surface area (Å²) in [7, 11) is 0. The summed E-state index contributed by atoms with van der Waals surface area (Å²) in [5, 5.41) is 8.49. The van der Waals surface area contributed by atoms with Crippen molar-refractivity contribution in [1.29, 1.82) is 0 Å². The molecule has 0 heterocycles. The van der Waals surface area contributed by atoms with Crippen LogP contribution < -0.4 is 32.9 Å². The molecule has 0 aromatic rings. The monoisotopic (exact) mass is 851 g/mol. The van der Waals surface area contributed by atoms with Gasteiger partial charge in [-0.05, 0) is 134 Å². The van der Waals surface area contributed by atoms with E-state index in [0.29, 0.717) is 65.0 Å². The summed E-state index contributed by atoms with van der Waals surface area (Å²) in [6.45, 7) is 24.2. The van der Waals surface area contributed by atoms with Crippen LogP contribution >= 0.6 is 0 Å². The highest BCUT2D eigenvalue weighted by molar-refractivity contribution is 5.88. The van der Waals surface area contributed by atoms with E-state index in [2.05, 4.69) is 21.4 Å². The van der Waals surface area contributed by atoms with Crippen molar-refractivity contribution >= 4 is 23.8 Å². The van der Waals surface area contributed by atoms with Crippen molar-refractivity contribution in [3.05, 3.63) is 0 Å². The maximum atomic E-state index is 13.2. The number of rotatable bonds is 35. The third-order valence-electron chi connectivity index (χ3n) is 8.77. The first-order valence-corrected chi connectivity index (χ1v) is 21.0. The molecule has 59 heavy (non-hydrogen) atoms. The molecule has 0 aliphatic heterocycles. The number of hydrogen-bond acceptors (Lipinski definition) is 14. The Kier molecular flexibility index (Phi) is 28.2. The molecule has 18 heteroatoms. The van der Waals surface area contributed by atoms with Crippen LogP contribution in [-0.2, 0) is 52.4 Å². The first-order valence-electron chi connectivity index (χ1n) is 21.0. The average molecular weight is 851 g/mol. The van der Waals surface area contributed by atoms with Crippen LogP contribution in [0, 0.1) is 0 Å². The Bertz CT molecular complexity index is 1180. The summed E-state index contributed by atoms with van der Waals surface area (Å²) >= 11 is 0. The Morgan fingerprint density at radius 3 is 1.56 bits per heavy atom. The van der Waals surface area contributed by atoms with E-state index >= 15 is 0 Å². The molecule has 0 unspecified atom stereocenters. The molecule has 18 nitrogen and oxygen atoms in total. The molecule has 0 saturated carbocycles. The van der Waals surface area contributed by atoms with Gasteiger partial charge in [-0.25, -0.2) is 4.79 Å². The van der Waals surface area contributed by atoms with Gasteiger partial charge in [0.25, 0.3) is 0 Å². The summed E-state index contributed by atoms with van der Waals surface area (Å²) < 4.78 is 39.7. The largest absolute Gasteiger partial charge is 0.442 e. The normalized spacial score (nSPS) is 13.2. The number of hydroxylamine groups is 1. The zero-order valence-corrected chi connectivity index (χ0v) is 38.3. The molecule has 0 aliphatic carbocycles. The molecule has 1 atom stereocenters. The molecule has 0 aliphatic rings. The molecule has 0 bridgehead atoms. The van der Waals surface area contributed by atoms with Crippen molar-refractivity contribution in [3.63, 3.8) is 0 Å². The van der Waals surface area contributed by atoms with E-state index in [1.54, 1.807) is 20.8 Å². The summed E-state index contributed by atoms with van der Waals surface area (Å²) in [6, 6.07) is -0.830. The van der Waals surface area contributed by atoms with Crippen LogP contribution in [0.15, 0.2) is 0 Å². The van der Waals surface area contributed by atoms with Crippen molar-refractivity contribution in [1.82, 2.24) is 21.4 Å². The van der Waals surface area contributed by atoms with Gasteiger partial charge in [-0.2, -0.15) is 5.48 Å². The minimum atomic E-state index is -0.830. The van der Waals surface area contributed by atoms with Gasteiger partial charge in [0.1, 0.15) is 24.9 Å². The first kappa shape index (κ1) is 56.3. The minimum Gasteiger partial charge on any atom is -0.442 e. The third kappa shape index (κ3) is 33.7. The van der Waals surface area contributed by atoms with Gasteiger partial charge in [0.15, 0.2) is 0 Å². The highest BCUT2D eigenvalue weighted by Gasteiger charge is 2.26. The molecule has 0 aromatic heterocycles. The van der Waals surface area contributed by atoms with Crippen LogP contribution in [0.2, 0.25) is 0 Å². The van der Waals surface area contributed by atoms with Gasteiger partial charge in [-0.15, -0.1) is 0 Å². The fourth-order valence-corrected chi connectivity index (χ4v) is 5.11. The molecule has 0 saturated heterocycles. The summed E-state index contributed by atoms with van der Waals surface area (Å²) in [5.41, 5.74) is 11.0. The maximum Gasteiger partial charge on any atom is 0.431 e. The van der Waals surface area contributed by atoms with Crippen molar-refractivity contribution < 1.29 is 57.2 Å². The molecule has 4 amide bonds. The summed E-state index contributed by atoms with van der Waals surface area (Å²) in [5.74, 6) is -1.03. The quantitative estimate of drug-likeness (QED) is 0.0397. The predicted octanol–water partition coefficient (Wildman–Crippen LogP) is 3.02. The predicted molar refractivity (Wildman–Crippen MR) is 225 cm³/mol. The summed E-state index contributed by atoms with van der Waals surface area (Å²) in [4.78, 5) is 55.3. The number of amides is 4. The lowest BCUT2D eigenvalue weighted by atomic mass is 10.0. The van der Waals surface area contributed by atoms with Gasteiger partial charge in [-0.1, -0.05) is 0 Å². The Morgan fingerprint density at radius 1 is 0.542 bits per heavy atom. The van der Waals surface area contributed by atoms with E-state index < -0.39 is 34.8 Å². The molecule has 0 radical (unpaired) electrons. The zero-order valence-electron chi connectivity index (χ0n) is 38.3. The third-order valence-corrected chi connectivity index (χ3v) is 8.77. The van der Waals surface area contributed by atoms with Crippen molar-refractivity contribution in [2.24, 2.45) is 11.5 Å². The van der Waals surface area contributed by atoms with Gasteiger partial charge in [0.2, 0.25) is 17.7 Å². The smallest absolute Gasteiger partial charge is 0.431 e. The van der Waals surface area contributed by atoms with Crippen LogP contribution in [0.1, 0.15) is 121 Å². The Hall–Kier alpha value is -2.68. The number of unbranched alkanes of at least 4 members (excludes halogenated alkanes) is 1. The van der Waals surface area contributed by atoms with Crippen molar-refractivity contribution in [3.8, 4) is 0 Å². The fourth-order valence-electron chi connectivity index (χ4n) is 5.11. The van der Waals surface area contributed by atoms with E-state index in [1.807, 2.05) is 55.4 Å². The number of nitrogens with one attached hydrogen (secondary N) is 4. The molecule has 348 valence electrons. The van der Waals surface area contributed by atoms with Gasteiger partial charge in [-0.3, -0.25) is 19.2 Å². The lowest BCUT2D eigenvalue weighted by molar-refractivity contribution is -0.137. The van der Waals surface area contributed by atoms with Crippen LogP contribution in [0.4, 0.5) is 4.79 Å². The van der Waals surface area contributed by atoms with Crippen LogP contribution in [-0.4, -0.2) is 144 Å². The van der Waals surface area contributed by atoms with Gasteiger partial charge in [0, 0.05) is 13.1 Å². The van der Waals surface area contributed by atoms with E-state index in [4.69, 9.17) is 49.5 Å². The molecular weight excluding hydrogens is 768 g/mol. The highest BCUT2D eigenvalue weighted by Crippen LogP contribution is 2.20. The Balaban J connectivity index is 4.83. The van der Waals surface area contributed by atoms with Gasteiger partial charge in [0.05, 0.1) is 68.7 Å². The molecule has 0 rings (SSSR count). The van der Waals surface area contributed by atoms with E-state index in [1.165, 1.54) is 0 Å². The highest BCUT2D eigenvalue weighted by atomic mass is 16.7. The minimum absolute atomic E-state index is 0.0931. The number of hydrogen-bond donors (Lipinski definition) is 6. The maximum absolute atomic E-state index is 13.2. The summed E-state index contributed by atoms with van der Waals surface area (Å²) in [6.07, 6.45) is 3.41. The van der Waals surface area contributed by atoms with Crippen molar-refractivity contribution in [2.75, 3.05) is 85.6 Å². The van der Waals surface area contributed by atoms with E-state index in [-0.39, 0.29) is 75.8 Å². The fraction of sp³-hybridized carbons (Fsp3) is 0.902. The molecular formula is C41H82N6O12. The van der Waals surface area contributed by atoms with E-state index in [0.717, 1.165) is 12.8 Å². The lowest BCUT2D eigenvalue weighted by Gasteiger charge is -2.29. The first-order chi connectivity index (χ1) is 27.4. The molecule has 0 spiro atoms. The van der Waals surface area contributed by atoms with Gasteiger partial charge < -0.3 is 60.6 Å². The topological polar surface area (TPSA) is 242 Å². The Morgan fingerprint density at radius 2 is 1.03 bits per heavy atom. The molecule has 0 fully saturated rings. The van der Waals surface area contributed by atoms with E-state index in [9.17, 15) is 19.2 Å². The molecule has 0 aromatic carbocycles. The Labute approximate surface area is 354 Å². The second-order valence-corrected chi connectivity index (χ2v) is 17.8. The SMILES string of the molecule is CC(C)(C)OC(=O)NOCCOCCOCCNC(=O)[C@H](CCCCNC(=O)COC(C)(C)CCOC(C)(C)CCN)NC(=O)COC(C)(C)CCOC(C)(C)CCN. The second kappa shape index (κ2) is 29.6. The number of carbonyl (C=O) groups excluding carboxylic acids is 4.